The van der Waals surface area contributed by atoms with Crippen molar-refractivity contribution >= 4 is 0 Å². The topological polar surface area (TPSA) is 0 Å². The van der Waals surface area contributed by atoms with Crippen LogP contribution >= 0.6 is 0 Å². The Bertz CT molecular complexity index is 222. The lowest BCUT2D eigenvalue weighted by atomic mass is 10.1. The van der Waals surface area contributed by atoms with Crippen LogP contribution in [0.4, 0.5) is 0 Å². The summed E-state index contributed by atoms with van der Waals surface area (Å²) >= 11 is 0. The van der Waals surface area contributed by atoms with E-state index in [-0.39, 0.29) is 0 Å². The van der Waals surface area contributed by atoms with Gasteiger partial charge in [0.2, 0.25) is 0 Å². The van der Waals surface area contributed by atoms with E-state index in [4.69, 9.17) is 6.58 Å². The number of hydrogen-bond acceptors (Lipinski definition) is 0. The summed E-state index contributed by atoms with van der Waals surface area (Å²) in [5.41, 5.74) is 0. The van der Waals surface area contributed by atoms with Crippen molar-refractivity contribution in [2.24, 2.45) is 0 Å². The Labute approximate surface area is 121 Å². The Balaban J connectivity index is 3.04. The van der Waals surface area contributed by atoms with E-state index in [2.05, 4.69) is 19.1 Å². The molecule has 0 bridgehead atoms. The van der Waals surface area contributed by atoms with Crippen LogP contribution in [0, 0.1) is 6.58 Å². The molecule has 0 aliphatic heterocycles. The number of allylic oxidation sites excluding steroid dienone is 5. The van der Waals surface area contributed by atoms with E-state index >= 15 is 0 Å². The lowest BCUT2D eigenvalue weighted by Gasteiger charge is -2.01. The van der Waals surface area contributed by atoms with E-state index in [1.54, 1.807) is 6.08 Å². The molecule has 0 N–H and O–H groups in total. The van der Waals surface area contributed by atoms with E-state index < -0.39 is 0 Å². The van der Waals surface area contributed by atoms with Gasteiger partial charge in [-0.1, -0.05) is 108 Å². The molecule has 0 aromatic carbocycles. The van der Waals surface area contributed by atoms with Gasteiger partial charge in [-0.15, -0.1) is 0 Å². The van der Waals surface area contributed by atoms with Crippen molar-refractivity contribution in [1.29, 1.82) is 0 Å². The summed E-state index contributed by atoms with van der Waals surface area (Å²) in [5, 5.41) is 0. The molecule has 0 rings (SSSR count). The highest BCUT2D eigenvalue weighted by molar-refractivity contribution is 5.07. The first kappa shape index (κ1) is 18.2. The second-order valence-electron chi connectivity index (χ2n) is 5.33. The molecule has 0 aliphatic carbocycles. The summed E-state index contributed by atoms with van der Waals surface area (Å²) < 4.78 is 0. The van der Waals surface area contributed by atoms with Crippen LogP contribution in [0.2, 0.25) is 0 Å². The molecule has 19 heavy (non-hydrogen) atoms. The zero-order valence-electron chi connectivity index (χ0n) is 12.9. The third-order valence-corrected chi connectivity index (χ3v) is 3.44. The molecular formula is C19H33. The van der Waals surface area contributed by atoms with Gasteiger partial charge in [0.15, 0.2) is 0 Å². The Morgan fingerprint density at radius 2 is 1.16 bits per heavy atom. The van der Waals surface area contributed by atoms with Crippen LogP contribution < -0.4 is 0 Å². The largest absolute Gasteiger partial charge is 0.0845 e. The maximum absolute atomic E-state index is 5.24. The van der Waals surface area contributed by atoms with Gasteiger partial charge in [0.05, 0.1) is 0 Å². The van der Waals surface area contributed by atoms with E-state index in [0.29, 0.717) is 0 Å². The quantitative estimate of drug-likeness (QED) is 0.238. The van der Waals surface area contributed by atoms with Gasteiger partial charge in [0, 0.05) is 0 Å². The van der Waals surface area contributed by atoms with Gasteiger partial charge >= 0.3 is 0 Å². The third-order valence-electron chi connectivity index (χ3n) is 3.44. The molecule has 0 aromatic rings. The molecule has 0 heteroatoms. The van der Waals surface area contributed by atoms with Gasteiger partial charge in [-0.25, -0.2) is 0 Å². The second-order valence-corrected chi connectivity index (χ2v) is 5.33. The van der Waals surface area contributed by atoms with Gasteiger partial charge in [-0.3, -0.25) is 0 Å². The molecule has 0 heterocycles. The molecular weight excluding hydrogens is 228 g/mol. The minimum Gasteiger partial charge on any atom is -0.0845 e. The first-order chi connectivity index (χ1) is 9.41. The standard InChI is InChI=1S/C19H33/c1-3-5-7-9-11-13-15-17-19-18-16-14-12-10-8-6-4-2/h1,3,5,7,9,11H,4,6,8,10,12-19H2,2H3/b3-1?,7-5+,11-9+. The van der Waals surface area contributed by atoms with Crippen LogP contribution in [-0.2, 0) is 0 Å². The van der Waals surface area contributed by atoms with E-state index in [0.717, 1.165) is 0 Å². The fourth-order valence-electron chi connectivity index (χ4n) is 2.23. The number of unbranched alkanes of at least 4 members (excludes halogenated alkanes) is 11. The van der Waals surface area contributed by atoms with Gasteiger partial charge in [0.25, 0.3) is 0 Å². The fourth-order valence-corrected chi connectivity index (χ4v) is 2.23. The molecule has 0 fully saturated rings. The van der Waals surface area contributed by atoms with Crippen molar-refractivity contribution in [1.82, 2.24) is 0 Å². The molecule has 0 amide bonds. The second kappa shape index (κ2) is 17.2. The molecule has 0 saturated heterocycles. The van der Waals surface area contributed by atoms with E-state index in [9.17, 15) is 0 Å². The Morgan fingerprint density at radius 1 is 0.632 bits per heavy atom. The first-order valence-electron chi connectivity index (χ1n) is 8.28. The predicted octanol–water partition coefficient (Wildman–Crippen LogP) is 6.79. The van der Waals surface area contributed by atoms with Crippen LogP contribution in [-0.4, -0.2) is 0 Å². The molecule has 109 valence electrons. The van der Waals surface area contributed by atoms with Crippen molar-refractivity contribution in [2.45, 2.75) is 84.0 Å². The van der Waals surface area contributed by atoms with Gasteiger partial charge < -0.3 is 0 Å². The molecule has 0 saturated carbocycles. The monoisotopic (exact) mass is 261 g/mol. The SMILES string of the molecule is [CH]=C/C=C/C=C/CCCCCCCCCCCCC. The average Bonchev–Trinajstić information content (AvgIpc) is 2.43. The van der Waals surface area contributed by atoms with Crippen molar-refractivity contribution < 1.29 is 0 Å². The van der Waals surface area contributed by atoms with Crippen molar-refractivity contribution in [3.05, 3.63) is 37.0 Å². The van der Waals surface area contributed by atoms with Crippen LogP contribution in [0.3, 0.4) is 0 Å². The first-order valence-corrected chi connectivity index (χ1v) is 8.28. The Kier molecular flexibility index (Phi) is 16.5. The lowest BCUT2D eigenvalue weighted by Crippen LogP contribution is -1.81. The van der Waals surface area contributed by atoms with Crippen molar-refractivity contribution in [2.75, 3.05) is 0 Å². The third kappa shape index (κ3) is 17.2. The van der Waals surface area contributed by atoms with Gasteiger partial charge in [0.1, 0.15) is 0 Å². The number of hydrogen-bond donors (Lipinski definition) is 0. The molecule has 0 aromatic heterocycles. The molecule has 0 nitrogen and oxygen atoms in total. The summed E-state index contributed by atoms with van der Waals surface area (Å²) in [5.74, 6) is 0. The smallest absolute Gasteiger partial charge is 0.0348 e. The van der Waals surface area contributed by atoms with E-state index in [1.807, 2.05) is 12.2 Å². The molecule has 0 atom stereocenters. The molecule has 1 radical (unpaired) electrons. The van der Waals surface area contributed by atoms with Crippen LogP contribution in [0.5, 0.6) is 0 Å². The highest BCUT2D eigenvalue weighted by Gasteiger charge is 1.92. The maximum atomic E-state index is 5.24. The highest BCUT2D eigenvalue weighted by Crippen LogP contribution is 2.11. The zero-order chi connectivity index (χ0) is 14.0. The van der Waals surface area contributed by atoms with Crippen molar-refractivity contribution in [3.8, 4) is 0 Å². The van der Waals surface area contributed by atoms with Crippen LogP contribution in [0.25, 0.3) is 0 Å². The summed E-state index contributed by atoms with van der Waals surface area (Å²) in [6, 6.07) is 0. The number of rotatable bonds is 14. The summed E-state index contributed by atoms with van der Waals surface area (Å²) in [6.07, 6.45) is 26.5. The predicted molar refractivity (Wildman–Crippen MR) is 88.2 cm³/mol. The summed E-state index contributed by atoms with van der Waals surface area (Å²) in [7, 11) is 0. The zero-order valence-corrected chi connectivity index (χ0v) is 12.9. The average molecular weight is 261 g/mol. The van der Waals surface area contributed by atoms with E-state index in [1.165, 1.54) is 77.0 Å². The Morgan fingerprint density at radius 3 is 1.68 bits per heavy atom. The fraction of sp³-hybridized carbons (Fsp3) is 0.684. The van der Waals surface area contributed by atoms with Gasteiger partial charge in [-0.05, 0) is 12.8 Å². The Hall–Kier alpha value is -0.780. The van der Waals surface area contributed by atoms with Gasteiger partial charge in [-0.2, -0.15) is 0 Å². The van der Waals surface area contributed by atoms with Crippen LogP contribution in [0.15, 0.2) is 30.4 Å². The molecule has 0 spiro atoms. The highest BCUT2D eigenvalue weighted by atomic mass is 14.0. The van der Waals surface area contributed by atoms with Crippen LogP contribution in [0.1, 0.15) is 84.0 Å². The molecule has 0 aliphatic rings. The normalized spacial score (nSPS) is 11.6. The minimum atomic E-state index is 1.20. The maximum Gasteiger partial charge on any atom is -0.0348 e. The summed E-state index contributed by atoms with van der Waals surface area (Å²) in [6.45, 7) is 7.52. The van der Waals surface area contributed by atoms with Crippen molar-refractivity contribution in [3.63, 3.8) is 0 Å². The lowest BCUT2D eigenvalue weighted by molar-refractivity contribution is 0.550. The molecule has 0 unspecified atom stereocenters. The minimum absolute atomic E-state index is 1.20. The summed E-state index contributed by atoms with van der Waals surface area (Å²) in [4.78, 5) is 0.